The van der Waals surface area contributed by atoms with E-state index in [9.17, 15) is 9.59 Å². The van der Waals surface area contributed by atoms with Crippen molar-refractivity contribution < 1.29 is 14.3 Å². The average molecular weight is 179 g/mol. The summed E-state index contributed by atoms with van der Waals surface area (Å²) in [4.78, 5) is 20.5. The highest BCUT2D eigenvalue weighted by Gasteiger charge is 2.02. The molecule has 0 atom stereocenters. The smallest absolute Gasteiger partial charge is 0.298 e. The topological polar surface area (TPSA) is 55.4 Å². The predicted molar refractivity (Wildman–Crippen MR) is 48.1 cm³/mol. The van der Waals surface area contributed by atoms with Gasteiger partial charge in [-0.15, -0.1) is 0 Å². The van der Waals surface area contributed by atoms with Crippen molar-refractivity contribution in [3.8, 4) is 5.75 Å². The van der Waals surface area contributed by atoms with E-state index in [1.165, 1.54) is 6.07 Å². The first-order valence-electron chi connectivity index (χ1n) is 3.69. The van der Waals surface area contributed by atoms with E-state index >= 15 is 0 Å². The molecule has 1 N–H and O–H groups in total. The molecule has 0 spiro atoms. The summed E-state index contributed by atoms with van der Waals surface area (Å²) in [5, 5.41) is 2.83. The van der Waals surface area contributed by atoms with Crippen molar-refractivity contribution in [2.45, 2.75) is 0 Å². The zero-order valence-electron chi connectivity index (χ0n) is 7.11. The minimum Gasteiger partial charge on any atom is -0.427 e. The number of benzene rings is 1. The molecule has 0 saturated carbocycles. The summed E-state index contributed by atoms with van der Waals surface area (Å²) in [6.07, 6.45) is 0.692. The zero-order chi connectivity index (χ0) is 9.68. The molecule has 0 radical (unpaired) electrons. The lowest BCUT2D eigenvalue weighted by atomic mass is 10.2. The lowest BCUT2D eigenvalue weighted by Crippen LogP contribution is -1.96. The Balaban J connectivity index is 3.08. The van der Waals surface area contributed by atoms with E-state index in [2.05, 4.69) is 10.1 Å². The van der Waals surface area contributed by atoms with E-state index in [-0.39, 0.29) is 0 Å². The van der Waals surface area contributed by atoms with Crippen molar-refractivity contribution >= 4 is 18.4 Å². The lowest BCUT2D eigenvalue weighted by molar-refractivity contribution is -0.120. The van der Waals surface area contributed by atoms with E-state index in [1.54, 1.807) is 19.2 Å². The van der Waals surface area contributed by atoms with Crippen LogP contribution in [-0.4, -0.2) is 19.8 Å². The first kappa shape index (κ1) is 9.25. The minimum absolute atomic E-state index is 0.324. The third-order valence-corrected chi connectivity index (χ3v) is 1.59. The fourth-order valence-electron chi connectivity index (χ4n) is 0.968. The number of nitrogens with one attached hydrogen (secondary N) is 1. The van der Waals surface area contributed by atoms with E-state index in [0.29, 0.717) is 29.8 Å². The van der Waals surface area contributed by atoms with Crippen LogP contribution in [0.2, 0.25) is 0 Å². The maximum absolute atomic E-state index is 10.4. The van der Waals surface area contributed by atoms with Crippen molar-refractivity contribution in [3.63, 3.8) is 0 Å². The molecule has 13 heavy (non-hydrogen) atoms. The van der Waals surface area contributed by atoms with Crippen LogP contribution in [0.5, 0.6) is 5.75 Å². The van der Waals surface area contributed by atoms with Crippen LogP contribution in [0, 0.1) is 0 Å². The van der Waals surface area contributed by atoms with Gasteiger partial charge in [-0.25, -0.2) is 0 Å². The van der Waals surface area contributed by atoms with Gasteiger partial charge < -0.3 is 10.1 Å². The molecule has 0 aliphatic carbocycles. The molecule has 1 aromatic rings. The van der Waals surface area contributed by atoms with Crippen LogP contribution in [0.4, 0.5) is 5.69 Å². The SMILES string of the molecule is CNc1ccc(C=O)cc1OC=O. The molecule has 1 aromatic carbocycles. The van der Waals surface area contributed by atoms with E-state index < -0.39 is 0 Å². The van der Waals surface area contributed by atoms with E-state index in [1.807, 2.05) is 0 Å². The van der Waals surface area contributed by atoms with Gasteiger partial charge in [0.1, 0.15) is 6.29 Å². The number of rotatable bonds is 4. The molecule has 0 unspecified atom stereocenters. The van der Waals surface area contributed by atoms with Crippen molar-refractivity contribution in [3.05, 3.63) is 23.8 Å². The number of ether oxygens (including phenoxy) is 1. The normalized spacial score (nSPS) is 9.00. The molecule has 0 saturated heterocycles. The van der Waals surface area contributed by atoms with E-state index in [4.69, 9.17) is 0 Å². The maximum Gasteiger partial charge on any atom is 0.298 e. The number of aldehydes is 1. The summed E-state index contributed by atoms with van der Waals surface area (Å²) in [7, 11) is 1.70. The molecular weight excluding hydrogens is 170 g/mol. The van der Waals surface area contributed by atoms with Crippen LogP contribution in [0.15, 0.2) is 18.2 Å². The Morgan fingerprint density at radius 3 is 2.69 bits per heavy atom. The fraction of sp³-hybridized carbons (Fsp3) is 0.111. The molecule has 4 heteroatoms. The molecule has 68 valence electrons. The molecule has 0 fully saturated rings. The lowest BCUT2D eigenvalue weighted by Gasteiger charge is -2.06. The maximum atomic E-state index is 10.4. The van der Waals surface area contributed by atoms with Crippen LogP contribution < -0.4 is 10.1 Å². The quantitative estimate of drug-likeness (QED) is 0.702. The van der Waals surface area contributed by atoms with Crippen molar-refractivity contribution in [1.82, 2.24) is 0 Å². The van der Waals surface area contributed by atoms with Crippen LogP contribution >= 0.6 is 0 Å². The highest BCUT2D eigenvalue weighted by Crippen LogP contribution is 2.24. The summed E-state index contributed by atoms with van der Waals surface area (Å²) < 4.78 is 4.67. The van der Waals surface area contributed by atoms with Crippen molar-refractivity contribution in [2.75, 3.05) is 12.4 Å². The minimum atomic E-state index is 0.324. The number of hydrogen-bond donors (Lipinski definition) is 1. The number of carbonyl (C=O) groups excluding carboxylic acids is 2. The Hall–Kier alpha value is -1.84. The third kappa shape index (κ3) is 2.05. The Labute approximate surface area is 75.5 Å². The van der Waals surface area contributed by atoms with Crippen molar-refractivity contribution in [2.24, 2.45) is 0 Å². The standard InChI is InChI=1S/C9H9NO3/c1-10-8-3-2-7(5-11)4-9(8)13-6-12/h2-6,10H,1H3. The molecule has 0 aliphatic heterocycles. The molecular formula is C9H9NO3. The summed E-state index contributed by atoms with van der Waals surface area (Å²) in [5.41, 5.74) is 1.13. The molecule has 4 nitrogen and oxygen atoms in total. The van der Waals surface area contributed by atoms with Gasteiger partial charge in [-0.05, 0) is 18.2 Å². The number of carbonyl (C=O) groups is 2. The number of anilines is 1. The fourth-order valence-corrected chi connectivity index (χ4v) is 0.968. The molecule has 0 heterocycles. The molecule has 0 aromatic heterocycles. The molecule has 0 aliphatic rings. The molecule has 0 amide bonds. The van der Waals surface area contributed by atoms with E-state index in [0.717, 1.165) is 0 Å². The van der Waals surface area contributed by atoms with Gasteiger partial charge in [-0.2, -0.15) is 0 Å². The Kier molecular flexibility index (Phi) is 3.03. The summed E-state index contributed by atoms with van der Waals surface area (Å²) in [6.45, 7) is 0.324. The first-order chi connectivity index (χ1) is 6.31. The Bertz CT molecular complexity index is 323. The van der Waals surface area contributed by atoms with Gasteiger partial charge in [-0.1, -0.05) is 0 Å². The second-order valence-electron chi connectivity index (χ2n) is 2.34. The van der Waals surface area contributed by atoms with Crippen molar-refractivity contribution in [1.29, 1.82) is 0 Å². The zero-order valence-corrected chi connectivity index (χ0v) is 7.11. The second-order valence-corrected chi connectivity index (χ2v) is 2.34. The van der Waals surface area contributed by atoms with Crippen LogP contribution in [0.1, 0.15) is 10.4 Å². The highest BCUT2D eigenvalue weighted by molar-refractivity contribution is 5.78. The highest BCUT2D eigenvalue weighted by atomic mass is 16.5. The van der Waals surface area contributed by atoms with Gasteiger partial charge in [0, 0.05) is 12.6 Å². The second kappa shape index (κ2) is 4.25. The Morgan fingerprint density at radius 1 is 1.38 bits per heavy atom. The molecule has 0 bridgehead atoms. The Morgan fingerprint density at radius 2 is 2.15 bits per heavy atom. The monoisotopic (exact) mass is 179 g/mol. The average Bonchev–Trinajstić information content (AvgIpc) is 2.18. The van der Waals surface area contributed by atoms with Gasteiger partial charge in [-0.3, -0.25) is 9.59 Å². The molecule has 1 rings (SSSR count). The van der Waals surface area contributed by atoms with Crippen LogP contribution in [0.3, 0.4) is 0 Å². The largest absolute Gasteiger partial charge is 0.427 e. The van der Waals surface area contributed by atoms with Gasteiger partial charge in [0.25, 0.3) is 6.47 Å². The predicted octanol–water partition coefficient (Wildman–Crippen LogP) is 1.08. The van der Waals surface area contributed by atoms with Gasteiger partial charge in [0.15, 0.2) is 5.75 Å². The van der Waals surface area contributed by atoms with Gasteiger partial charge in [0.2, 0.25) is 0 Å². The summed E-state index contributed by atoms with van der Waals surface area (Å²) >= 11 is 0. The summed E-state index contributed by atoms with van der Waals surface area (Å²) in [6, 6.07) is 4.80. The number of hydrogen-bond acceptors (Lipinski definition) is 4. The van der Waals surface area contributed by atoms with Crippen LogP contribution in [-0.2, 0) is 4.79 Å². The first-order valence-corrected chi connectivity index (χ1v) is 3.69. The van der Waals surface area contributed by atoms with Crippen LogP contribution in [0.25, 0.3) is 0 Å². The van der Waals surface area contributed by atoms with Gasteiger partial charge in [0.05, 0.1) is 5.69 Å². The third-order valence-electron chi connectivity index (χ3n) is 1.59. The van der Waals surface area contributed by atoms with Gasteiger partial charge >= 0.3 is 0 Å². The summed E-state index contributed by atoms with van der Waals surface area (Å²) in [5.74, 6) is 0.349.